The lowest BCUT2D eigenvalue weighted by atomic mass is 9.95. The highest BCUT2D eigenvalue weighted by Crippen LogP contribution is 2.42. The van der Waals surface area contributed by atoms with Crippen molar-refractivity contribution in [1.29, 1.82) is 0 Å². The number of carbonyl (C=O) groups is 1. The van der Waals surface area contributed by atoms with E-state index in [0.717, 1.165) is 24.3 Å². The highest BCUT2D eigenvalue weighted by atomic mass is 35.5. The van der Waals surface area contributed by atoms with Gasteiger partial charge in [0.15, 0.2) is 5.78 Å². The Morgan fingerprint density at radius 1 is 0.943 bits per heavy atom. The monoisotopic (exact) mass is 557 g/mol. The van der Waals surface area contributed by atoms with Crippen LogP contribution in [0.4, 0.5) is 30.7 Å². The van der Waals surface area contributed by atoms with E-state index in [-0.39, 0.29) is 21.1 Å². The number of Topliss-reactive ketones (excluding diaryl/α,β-unsaturated/α-hetero) is 1. The zero-order valence-corrected chi connectivity index (χ0v) is 19.5. The third kappa shape index (κ3) is 6.39. The van der Waals surface area contributed by atoms with Crippen molar-refractivity contribution < 1.29 is 35.5 Å². The summed E-state index contributed by atoms with van der Waals surface area (Å²) in [6.07, 6.45) is -7.08. The Labute approximate surface area is 209 Å². The highest BCUT2D eigenvalue weighted by Gasteiger charge is 2.41. The molecule has 12 heteroatoms. The molecular formula is C23H13Cl3F7NO. The Kier molecular flexibility index (Phi) is 7.93. The van der Waals surface area contributed by atoms with E-state index in [9.17, 15) is 35.5 Å². The molecule has 0 aliphatic rings. The van der Waals surface area contributed by atoms with Crippen LogP contribution in [0.5, 0.6) is 0 Å². The molecule has 1 heterocycles. The first kappa shape index (κ1) is 27.1. The maximum atomic E-state index is 14.9. The van der Waals surface area contributed by atoms with Crippen LogP contribution in [0.3, 0.4) is 0 Å². The quantitative estimate of drug-likeness (QED) is 0.168. The van der Waals surface area contributed by atoms with Gasteiger partial charge in [0.2, 0.25) is 0 Å². The number of rotatable bonds is 6. The Bertz CT molecular complexity index is 1240. The number of hydrogen-bond acceptors (Lipinski definition) is 1. The molecule has 1 atom stereocenters. The van der Waals surface area contributed by atoms with Crippen molar-refractivity contribution in [3.63, 3.8) is 0 Å². The van der Waals surface area contributed by atoms with Gasteiger partial charge in [-0.2, -0.15) is 26.3 Å². The fraction of sp³-hybridized carbons (Fsp3) is 0.174. The molecule has 2 aromatic carbocycles. The van der Waals surface area contributed by atoms with Crippen LogP contribution in [-0.4, -0.2) is 16.5 Å². The lowest BCUT2D eigenvalue weighted by molar-refractivity contribution is -0.140. The van der Waals surface area contributed by atoms with Crippen molar-refractivity contribution in [2.45, 2.75) is 24.8 Å². The number of ketones is 1. The third-order valence-electron chi connectivity index (χ3n) is 4.92. The van der Waals surface area contributed by atoms with Gasteiger partial charge in [0.25, 0.3) is 0 Å². The Balaban J connectivity index is 2.05. The van der Waals surface area contributed by atoms with Crippen LogP contribution in [0.25, 0.3) is 5.83 Å². The minimum atomic E-state index is -5.07. The van der Waals surface area contributed by atoms with Gasteiger partial charge in [0.05, 0.1) is 27.2 Å². The van der Waals surface area contributed by atoms with Gasteiger partial charge in [-0.15, -0.1) is 0 Å². The number of alkyl halides is 6. The minimum Gasteiger partial charge on any atom is -0.347 e. The number of nitrogens with zero attached hydrogens (tertiary/aromatic N) is 1. The second-order valence-electron chi connectivity index (χ2n) is 7.37. The molecule has 0 aliphatic heterocycles. The molecule has 0 bridgehead atoms. The molecule has 0 aliphatic carbocycles. The van der Waals surface area contributed by atoms with E-state index in [1.165, 1.54) is 17.0 Å². The molecule has 0 spiro atoms. The molecule has 2 nitrogen and oxygen atoms in total. The molecule has 3 rings (SSSR count). The van der Waals surface area contributed by atoms with Crippen LogP contribution in [0, 0.1) is 0 Å². The summed E-state index contributed by atoms with van der Waals surface area (Å²) in [7, 11) is 0. The standard InChI is InChI=1S/C23H13Cl3F7NO/c24-17-8-13(9-18(25)21(17)26)15(22(28,29)30)10-19(27)12-3-4-14(16(7-12)23(31,32)33)20(35)11-34-5-1-2-6-34/h1-10,15H,11H2/b19-10-. The molecule has 0 N–H and O–H groups in total. The lowest BCUT2D eigenvalue weighted by Gasteiger charge is -2.19. The van der Waals surface area contributed by atoms with Crippen molar-refractivity contribution in [2.24, 2.45) is 0 Å². The summed E-state index contributed by atoms with van der Waals surface area (Å²) in [6.45, 7) is -0.415. The fourth-order valence-corrected chi connectivity index (χ4v) is 3.89. The molecule has 0 radical (unpaired) electrons. The third-order valence-corrected chi connectivity index (χ3v) is 6.12. The largest absolute Gasteiger partial charge is 0.417 e. The summed E-state index contributed by atoms with van der Waals surface area (Å²) in [5.74, 6) is -5.10. The Morgan fingerprint density at radius 2 is 1.51 bits per heavy atom. The predicted octanol–water partition coefficient (Wildman–Crippen LogP) is 9.01. The lowest BCUT2D eigenvalue weighted by Crippen LogP contribution is -2.19. The van der Waals surface area contributed by atoms with Crippen molar-refractivity contribution in [1.82, 2.24) is 4.57 Å². The molecule has 186 valence electrons. The molecule has 0 fully saturated rings. The van der Waals surface area contributed by atoms with E-state index >= 15 is 0 Å². The first-order valence-corrected chi connectivity index (χ1v) is 10.8. The molecule has 0 amide bonds. The van der Waals surface area contributed by atoms with Crippen molar-refractivity contribution in [3.8, 4) is 0 Å². The van der Waals surface area contributed by atoms with Crippen LogP contribution >= 0.6 is 34.8 Å². The summed E-state index contributed by atoms with van der Waals surface area (Å²) in [4.78, 5) is 12.4. The first-order valence-electron chi connectivity index (χ1n) is 9.62. The average Bonchev–Trinajstić information content (AvgIpc) is 3.26. The van der Waals surface area contributed by atoms with E-state index < -0.39 is 58.7 Å². The molecule has 35 heavy (non-hydrogen) atoms. The smallest absolute Gasteiger partial charge is 0.347 e. The molecule has 3 aromatic rings. The van der Waals surface area contributed by atoms with Crippen LogP contribution in [-0.2, 0) is 12.7 Å². The Hall–Kier alpha value is -2.49. The maximum Gasteiger partial charge on any atom is 0.417 e. The molecule has 0 saturated carbocycles. The molecule has 0 saturated heterocycles. The predicted molar refractivity (Wildman–Crippen MR) is 120 cm³/mol. The second kappa shape index (κ2) is 10.2. The summed E-state index contributed by atoms with van der Waals surface area (Å²) in [6, 6.07) is 6.64. The van der Waals surface area contributed by atoms with Crippen molar-refractivity contribution >= 4 is 46.4 Å². The van der Waals surface area contributed by atoms with Crippen LogP contribution in [0.15, 0.2) is 60.9 Å². The van der Waals surface area contributed by atoms with Crippen LogP contribution in [0.1, 0.15) is 33.0 Å². The molecular weight excluding hydrogens is 546 g/mol. The van der Waals surface area contributed by atoms with E-state index in [4.69, 9.17) is 34.8 Å². The number of halogens is 10. The SMILES string of the molecule is O=C(Cn1cccc1)c1ccc(/C(F)=C/C(c2cc(Cl)c(Cl)c(Cl)c2)C(F)(F)F)cc1C(F)(F)F. The Morgan fingerprint density at radius 3 is 2.03 bits per heavy atom. The average molecular weight is 559 g/mol. The van der Waals surface area contributed by atoms with Gasteiger partial charge in [-0.3, -0.25) is 4.79 Å². The zero-order chi connectivity index (χ0) is 26.1. The van der Waals surface area contributed by atoms with Gasteiger partial charge in [-0.25, -0.2) is 4.39 Å². The number of carbonyl (C=O) groups excluding carboxylic acids is 1. The summed E-state index contributed by atoms with van der Waals surface area (Å²) in [5, 5.41) is -0.846. The van der Waals surface area contributed by atoms with E-state index in [0.29, 0.717) is 6.07 Å². The normalized spacial score (nSPS) is 13.7. The zero-order valence-electron chi connectivity index (χ0n) is 17.2. The minimum absolute atomic E-state index is 0.104. The van der Waals surface area contributed by atoms with Gasteiger partial charge >= 0.3 is 12.4 Å². The molecule has 1 unspecified atom stereocenters. The highest BCUT2D eigenvalue weighted by molar-refractivity contribution is 6.48. The van der Waals surface area contributed by atoms with Gasteiger partial charge in [-0.05, 0) is 42.0 Å². The van der Waals surface area contributed by atoms with Gasteiger partial charge in [0, 0.05) is 23.5 Å². The first-order chi connectivity index (χ1) is 16.2. The van der Waals surface area contributed by atoms with Gasteiger partial charge in [0.1, 0.15) is 11.7 Å². The summed E-state index contributed by atoms with van der Waals surface area (Å²) in [5.41, 5.74) is -3.58. The number of allylic oxidation sites excluding steroid dienone is 1. The molecule has 1 aromatic heterocycles. The topological polar surface area (TPSA) is 22.0 Å². The maximum absolute atomic E-state index is 14.9. The van der Waals surface area contributed by atoms with Crippen molar-refractivity contribution in [3.05, 3.63) is 98.3 Å². The summed E-state index contributed by atoms with van der Waals surface area (Å²) >= 11 is 17.3. The number of hydrogen-bond donors (Lipinski definition) is 0. The van der Waals surface area contributed by atoms with Gasteiger partial charge < -0.3 is 4.57 Å². The number of benzene rings is 2. The summed E-state index contributed by atoms with van der Waals surface area (Å²) < 4.78 is 98.3. The number of aromatic nitrogens is 1. The van der Waals surface area contributed by atoms with Crippen molar-refractivity contribution in [2.75, 3.05) is 0 Å². The van der Waals surface area contributed by atoms with E-state index in [2.05, 4.69) is 0 Å². The van der Waals surface area contributed by atoms with E-state index in [1.807, 2.05) is 0 Å². The van der Waals surface area contributed by atoms with E-state index in [1.54, 1.807) is 12.1 Å². The fourth-order valence-electron chi connectivity index (χ4n) is 3.27. The second-order valence-corrected chi connectivity index (χ2v) is 8.56. The van der Waals surface area contributed by atoms with Crippen LogP contribution in [0.2, 0.25) is 15.1 Å². The van der Waals surface area contributed by atoms with Gasteiger partial charge in [-0.1, -0.05) is 46.9 Å². The van der Waals surface area contributed by atoms with Crippen LogP contribution < -0.4 is 0 Å².